The number of nitrogens with one attached hydrogen (secondary N) is 2. The molecule has 0 radical (unpaired) electrons. The van der Waals surface area contributed by atoms with Gasteiger partial charge in [-0.2, -0.15) is 0 Å². The van der Waals surface area contributed by atoms with Crippen LogP contribution in [0.2, 0.25) is 0 Å². The predicted molar refractivity (Wildman–Crippen MR) is 126 cm³/mol. The van der Waals surface area contributed by atoms with Crippen molar-refractivity contribution in [2.24, 2.45) is 11.1 Å². The quantitative estimate of drug-likeness (QED) is 0.406. The zero-order chi connectivity index (χ0) is 25.8. The summed E-state index contributed by atoms with van der Waals surface area (Å²) in [7, 11) is -3.85. The summed E-state index contributed by atoms with van der Waals surface area (Å²) in [4.78, 5) is 25.1. The summed E-state index contributed by atoms with van der Waals surface area (Å²) >= 11 is 0. The molecule has 0 aliphatic heterocycles. The Labute approximate surface area is 202 Å². The lowest BCUT2D eigenvalue weighted by molar-refractivity contribution is -0.126. The van der Waals surface area contributed by atoms with Crippen LogP contribution >= 0.6 is 0 Å². The zero-order valence-electron chi connectivity index (χ0n) is 19.5. The van der Waals surface area contributed by atoms with Crippen molar-refractivity contribution in [1.29, 1.82) is 0 Å². The number of nitrogens with two attached hydrogens (primary N) is 1. The van der Waals surface area contributed by atoms with E-state index in [9.17, 15) is 22.4 Å². The monoisotopic (exact) mass is 502 g/mol. The molecule has 35 heavy (non-hydrogen) atoms. The Bertz CT molecular complexity index is 1320. The summed E-state index contributed by atoms with van der Waals surface area (Å²) in [6.07, 6.45) is 1.57. The second-order valence-corrected chi connectivity index (χ2v) is 9.99. The number of amides is 2. The maximum absolute atomic E-state index is 13.8. The molecule has 0 fully saturated rings. The number of benzene rings is 2. The zero-order valence-corrected chi connectivity index (χ0v) is 20.3. The Morgan fingerprint density at radius 2 is 1.77 bits per heavy atom. The van der Waals surface area contributed by atoms with Crippen molar-refractivity contribution >= 4 is 21.8 Å². The molecule has 0 saturated heterocycles. The highest BCUT2D eigenvalue weighted by molar-refractivity contribution is 7.89. The molecule has 2 amide bonds. The summed E-state index contributed by atoms with van der Waals surface area (Å²) in [5.74, 6) is -1.19. The van der Waals surface area contributed by atoms with E-state index in [0.717, 1.165) is 0 Å². The molecule has 4 N–H and O–H groups in total. The van der Waals surface area contributed by atoms with Gasteiger partial charge in [-0.05, 0) is 54.3 Å². The maximum Gasteiger partial charge on any atom is 0.251 e. The van der Waals surface area contributed by atoms with Gasteiger partial charge in [0.25, 0.3) is 5.91 Å². The Kier molecular flexibility index (Phi) is 7.97. The van der Waals surface area contributed by atoms with Gasteiger partial charge in [0.15, 0.2) is 0 Å². The fraction of sp³-hybridized carbons (Fsp3) is 0.304. The smallest absolute Gasteiger partial charge is 0.251 e. The van der Waals surface area contributed by atoms with Crippen molar-refractivity contribution in [3.63, 3.8) is 0 Å². The highest BCUT2D eigenvalue weighted by Crippen LogP contribution is 2.18. The first-order chi connectivity index (χ1) is 16.5. The molecule has 0 aliphatic carbocycles. The molecule has 1 heterocycles. The van der Waals surface area contributed by atoms with Crippen LogP contribution in [-0.4, -0.2) is 35.2 Å². The van der Waals surface area contributed by atoms with E-state index in [0.29, 0.717) is 16.8 Å². The first-order valence-electron chi connectivity index (χ1n) is 10.8. The van der Waals surface area contributed by atoms with Gasteiger partial charge >= 0.3 is 0 Å². The third-order valence-electron chi connectivity index (χ3n) is 5.32. The molecule has 186 valence electrons. The molecule has 1 atom stereocenters. The number of hydrogen-bond donors (Lipinski definition) is 3. The number of aryl methyl sites for hydroxylation is 1. The minimum absolute atomic E-state index is 0.0465. The van der Waals surface area contributed by atoms with Crippen LogP contribution < -0.4 is 15.8 Å². The lowest BCUT2D eigenvalue weighted by Crippen LogP contribution is -2.35. The van der Waals surface area contributed by atoms with E-state index in [2.05, 4.69) is 20.9 Å². The van der Waals surface area contributed by atoms with Gasteiger partial charge < -0.3 is 10.6 Å². The number of sulfonamides is 1. The van der Waals surface area contributed by atoms with Gasteiger partial charge in [0.2, 0.25) is 15.9 Å². The van der Waals surface area contributed by atoms with Crippen LogP contribution in [0.3, 0.4) is 0 Å². The van der Waals surface area contributed by atoms with Gasteiger partial charge in [-0.25, -0.2) is 22.6 Å². The van der Waals surface area contributed by atoms with Crippen molar-refractivity contribution in [1.82, 2.24) is 25.6 Å². The number of carbonyl (C=O) groups excluding carboxylic acids is 2. The Morgan fingerprint density at radius 1 is 1.09 bits per heavy atom. The fourth-order valence-corrected chi connectivity index (χ4v) is 3.88. The average molecular weight is 503 g/mol. The number of rotatable bonds is 9. The molecule has 1 aromatic heterocycles. The lowest BCUT2D eigenvalue weighted by atomic mass is 10.0. The number of primary sulfonamides is 1. The van der Waals surface area contributed by atoms with E-state index in [1.165, 1.54) is 35.0 Å². The first-order valence-corrected chi connectivity index (χ1v) is 12.3. The van der Waals surface area contributed by atoms with Crippen molar-refractivity contribution in [2.45, 2.75) is 44.8 Å². The molecule has 10 nitrogen and oxygen atoms in total. The molecular formula is C23H27FN6O4S. The molecule has 1 unspecified atom stereocenters. The highest BCUT2D eigenvalue weighted by atomic mass is 32.2. The average Bonchev–Trinajstić information content (AvgIpc) is 3.26. The third kappa shape index (κ3) is 6.70. The first kappa shape index (κ1) is 26.0. The fourth-order valence-electron chi connectivity index (χ4n) is 3.37. The topological polar surface area (TPSA) is 149 Å². The molecule has 0 aliphatic rings. The largest absolute Gasteiger partial charge is 0.350 e. The normalized spacial score (nSPS) is 12.4. The van der Waals surface area contributed by atoms with Crippen molar-refractivity contribution in [2.75, 3.05) is 0 Å². The van der Waals surface area contributed by atoms with Crippen molar-refractivity contribution in [3.8, 4) is 0 Å². The van der Waals surface area contributed by atoms with Crippen molar-refractivity contribution in [3.05, 3.63) is 76.9 Å². The molecule has 12 heteroatoms. The van der Waals surface area contributed by atoms with E-state index in [1.54, 1.807) is 25.3 Å². The van der Waals surface area contributed by atoms with Gasteiger partial charge in [0.1, 0.15) is 17.6 Å². The summed E-state index contributed by atoms with van der Waals surface area (Å²) in [5, 5.41) is 18.6. The molecule has 3 aromatic rings. The number of nitrogens with zero attached hydrogens (tertiary/aromatic N) is 3. The standard InChI is InChI=1S/C23H27FN6O4S/c1-14(2)21(23(32)26-11-16-5-4-15(3)20(24)10-16)30-13-18(28-29-30)12-27-22(31)17-6-8-19(9-7-17)35(25,33)34/h4-10,13-14,21H,11-12H2,1-3H3,(H,26,32)(H,27,31)(H2,25,33,34). The van der Waals surface area contributed by atoms with E-state index in [1.807, 2.05) is 13.8 Å². The summed E-state index contributed by atoms with van der Waals surface area (Å²) in [5.41, 5.74) is 1.85. The van der Waals surface area contributed by atoms with Crippen LogP contribution in [0, 0.1) is 18.7 Å². The van der Waals surface area contributed by atoms with Crippen LogP contribution in [0.1, 0.15) is 47.1 Å². The highest BCUT2D eigenvalue weighted by Gasteiger charge is 2.25. The van der Waals surface area contributed by atoms with E-state index < -0.39 is 22.0 Å². The summed E-state index contributed by atoms with van der Waals surface area (Å²) in [6, 6.07) is 9.34. The van der Waals surface area contributed by atoms with Crippen molar-refractivity contribution < 1.29 is 22.4 Å². The number of hydrogen-bond acceptors (Lipinski definition) is 6. The third-order valence-corrected chi connectivity index (χ3v) is 6.25. The van der Waals surface area contributed by atoms with Gasteiger partial charge in [-0.1, -0.05) is 31.2 Å². The van der Waals surface area contributed by atoms with Gasteiger partial charge in [-0.15, -0.1) is 5.10 Å². The summed E-state index contributed by atoms with van der Waals surface area (Å²) < 4.78 is 37.9. The summed E-state index contributed by atoms with van der Waals surface area (Å²) in [6.45, 7) is 5.61. The van der Waals surface area contributed by atoms with Gasteiger partial charge in [0, 0.05) is 12.1 Å². The molecule has 0 spiro atoms. The Balaban J connectivity index is 1.61. The van der Waals surface area contributed by atoms with E-state index >= 15 is 0 Å². The van der Waals surface area contributed by atoms with Crippen LogP contribution in [0.5, 0.6) is 0 Å². The molecule has 2 aromatic carbocycles. The number of halogens is 1. The molecular weight excluding hydrogens is 475 g/mol. The predicted octanol–water partition coefficient (Wildman–Crippen LogP) is 1.82. The maximum atomic E-state index is 13.8. The number of aromatic nitrogens is 3. The number of carbonyl (C=O) groups is 2. The Morgan fingerprint density at radius 3 is 2.37 bits per heavy atom. The van der Waals surface area contributed by atoms with Crippen LogP contribution in [0.25, 0.3) is 0 Å². The molecule has 0 bridgehead atoms. The van der Waals surface area contributed by atoms with Crippen LogP contribution in [-0.2, 0) is 27.9 Å². The van der Waals surface area contributed by atoms with E-state index in [-0.39, 0.29) is 41.2 Å². The van der Waals surface area contributed by atoms with Gasteiger partial charge in [-0.3, -0.25) is 9.59 Å². The lowest BCUT2D eigenvalue weighted by Gasteiger charge is -2.20. The van der Waals surface area contributed by atoms with Crippen LogP contribution in [0.15, 0.2) is 53.6 Å². The Hall–Kier alpha value is -3.64. The van der Waals surface area contributed by atoms with Crippen LogP contribution in [0.4, 0.5) is 4.39 Å². The molecule has 3 rings (SSSR count). The molecule has 0 saturated carbocycles. The second kappa shape index (κ2) is 10.7. The van der Waals surface area contributed by atoms with Gasteiger partial charge in [0.05, 0.1) is 17.6 Å². The SMILES string of the molecule is Cc1ccc(CNC(=O)C(C(C)C)n2cc(CNC(=O)c3ccc(S(N)(=O)=O)cc3)nn2)cc1F. The second-order valence-electron chi connectivity index (χ2n) is 8.43. The van der Waals surface area contributed by atoms with E-state index in [4.69, 9.17) is 5.14 Å². The minimum Gasteiger partial charge on any atom is -0.350 e. The minimum atomic E-state index is -3.85.